The summed E-state index contributed by atoms with van der Waals surface area (Å²) in [5, 5.41) is 28.8. The Morgan fingerprint density at radius 2 is 2.03 bits per heavy atom. The van der Waals surface area contributed by atoms with E-state index < -0.39 is 18.0 Å². The molecule has 0 aromatic carbocycles. The fourth-order valence-electron chi connectivity index (χ4n) is 5.27. The first-order valence-electron chi connectivity index (χ1n) is 11.6. The summed E-state index contributed by atoms with van der Waals surface area (Å²) < 4.78 is 0. The van der Waals surface area contributed by atoms with E-state index in [1.54, 1.807) is 12.3 Å². The number of hydrogen-bond acceptors (Lipinski definition) is 9. The number of amides is 2. The van der Waals surface area contributed by atoms with E-state index >= 15 is 0 Å². The Bertz CT molecular complexity index is 1030. The zero-order valence-corrected chi connectivity index (χ0v) is 20.7. The molecule has 12 heteroatoms. The van der Waals surface area contributed by atoms with E-state index in [0.717, 1.165) is 31.1 Å². The molecule has 184 valence electrons. The minimum Gasteiger partial charge on any atom is -0.477 e. The number of rotatable bonds is 7. The standard InChI is InChI=1S/C22H29N5O5S2/c1-10-16-15(11(2)28)20(30)27(16)17(21(31)32)18(10)34-13-7-26(8-13)22-25-14(9-33-22)19(29)24-12-3-5-23-6-4-12/h9-13,15-16,23,28H,3-8H2,1-2H3,(H,24,29)(H,31,32)/t10-,11-,15-,16-/m1/s1. The van der Waals surface area contributed by atoms with Gasteiger partial charge < -0.3 is 30.6 Å². The Morgan fingerprint density at radius 3 is 2.68 bits per heavy atom. The maximum absolute atomic E-state index is 12.5. The predicted octanol–water partition coefficient (Wildman–Crippen LogP) is 0.700. The largest absolute Gasteiger partial charge is 0.477 e. The van der Waals surface area contributed by atoms with E-state index in [4.69, 9.17) is 0 Å². The lowest BCUT2D eigenvalue weighted by Crippen LogP contribution is -2.63. The SMILES string of the molecule is C[C@@H](O)[C@H]1C(=O)N2C(C(=O)O)=C(SC3CN(c4nc(C(=O)NC5CCNCC5)cs4)C3)[C@H](C)[C@H]12. The number of carboxylic acid groups (broad SMARTS) is 1. The molecule has 0 spiro atoms. The number of anilines is 1. The van der Waals surface area contributed by atoms with Crippen LogP contribution < -0.4 is 15.5 Å². The van der Waals surface area contributed by atoms with Gasteiger partial charge in [0.05, 0.1) is 18.1 Å². The van der Waals surface area contributed by atoms with Crippen molar-refractivity contribution in [3.05, 3.63) is 21.7 Å². The number of carbonyl (C=O) groups is 3. The molecule has 4 aliphatic rings. The monoisotopic (exact) mass is 507 g/mol. The second-order valence-corrected chi connectivity index (χ2v) is 11.6. The van der Waals surface area contributed by atoms with Crippen molar-refractivity contribution < 1.29 is 24.6 Å². The summed E-state index contributed by atoms with van der Waals surface area (Å²) in [5.74, 6) is -2.24. The van der Waals surface area contributed by atoms with Crippen LogP contribution >= 0.6 is 23.1 Å². The molecule has 3 saturated heterocycles. The highest BCUT2D eigenvalue weighted by Gasteiger charge is 2.60. The van der Waals surface area contributed by atoms with Gasteiger partial charge in [-0.15, -0.1) is 23.1 Å². The van der Waals surface area contributed by atoms with Crippen LogP contribution in [0.2, 0.25) is 0 Å². The summed E-state index contributed by atoms with van der Waals surface area (Å²) in [7, 11) is 0. The Kier molecular flexibility index (Phi) is 6.34. The van der Waals surface area contributed by atoms with Crippen molar-refractivity contribution in [2.75, 3.05) is 31.1 Å². The first kappa shape index (κ1) is 23.6. The van der Waals surface area contributed by atoms with Crippen LogP contribution in [0.4, 0.5) is 5.13 Å². The number of hydrogen-bond donors (Lipinski definition) is 4. The minimum atomic E-state index is -1.10. The van der Waals surface area contributed by atoms with Gasteiger partial charge in [0.2, 0.25) is 5.91 Å². The number of fused-ring (bicyclic) bond motifs is 1. The molecule has 5 heterocycles. The molecule has 0 aliphatic carbocycles. The van der Waals surface area contributed by atoms with E-state index in [1.165, 1.54) is 28.0 Å². The van der Waals surface area contributed by atoms with Crippen LogP contribution in [-0.4, -0.2) is 87.5 Å². The van der Waals surface area contributed by atoms with Crippen LogP contribution in [0.3, 0.4) is 0 Å². The van der Waals surface area contributed by atoms with E-state index in [0.29, 0.717) is 23.7 Å². The van der Waals surface area contributed by atoms with Crippen molar-refractivity contribution in [1.82, 2.24) is 20.5 Å². The molecular formula is C22H29N5O5S2. The molecule has 0 radical (unpaired) electrons. The molecule has 1 aromatic rings. The average molecular weight is 508 g/mol. The molecule has 1 aromatic heterocycles. The topological polar surface area (TPSA) is 135 Å². The molecule has 3 fully saturated rings. The number of aromatic nitrogens is 1. The first-order chi connectivity index (χ1) is 16.3. The van der Waals surface area contributed by atoms with E-state index in [1.807, 2.05) is 6.92 Å². The van der Waals surface area contributed by atoms with Gasteiger partial charge in [0.1, 0.15) is 11.4 Å². The van der Waals surface area contributed by atoms with Gasteiger partial charge in [-0.1, -0.05) is 6.92 Å². The lowest BCUT2D eigenvalue weighted by Gasteiger charge is -2.46. The smallest absolute Gasteiger partial charge is 0.353 e. The molecule has 4 N–H and O–H groups in total. The second kappa shape index (κ2) is 9.14. The minimum absolute atomic E-state index is 0.0639. The van der Waals surface area contributed by atoms with Gasteiger partial charge in [0.25, 0.3) is 5.91 Å². The molecule has 0 saturated carbocycles. The maximum Gasteiger partial charge on any atom is 0.353 e. The fraction of sp³-hybridized carbons (Fsp3) is 0.636. The zero-order valence-electron chi connectivity index (χ0n) is 19.1. The highest BCUT2D eigenvalue weighted by molar-refractivity contribution is 8.03. The maximum atomic E-state index is 12.5. The first-order valence-corrected chi connectivity index (χ1v) is 13.4. The molecule has 0 bridgehead atoms. The average Bonchev–Trinajstić information content (AvgIpc) is 3.33. The summed E-state index contributed by atoms with van der Waals surface area (Å²) in [6.45, 7) is 6.71. The third-order valence-corrected chi connectivity index (χ3v) is 9.47. The number of β-lactam (4-membered cyclic amide) rings is 1. The van der Waals surface area contributed by atoms with Crippen molar-refractivity contribution in [3.63, 3.8) is 0 Å². The number of nitrogens with zero attached hydrogens (tertiary/aromatic N) is 3. The van der Waals surface area contributed by atoms with Crippen molar-refractivity contribution in [2.24, 2.45) is 11.8 Å². The van der Waals surface area contributed by atoms with Crippen LogP contribution in [0.25, 0.3) is 0 Å². The predicted molar refractivity (Wildman–Crippen MR) is 129 cm³/mol. The number of aliphatic hydroxyl groups excluding tert-OH is 1. The van der Waals surface area contributed by atoms with Crippen LogP contribution in [0, 0.1) is 11.8 Å². The lowest BCUT2D eigenvalue weighted by molar-refractivity contribution is -0.163. The molecule has 4 aliphatic heterocycles. The molecule has 2 amide bonds. The van der Waals surface area contributed by atoms with Gasteiger partial charge >= 0.3 is 5.97 Å². The van der Waals surface area contributed by atoms with Crippen molar-refractivity contribution in [2.45, 2.75) is 50.1 Å². The molecule has 10 nitrogen and oxygen atoms in total. The van der Waals surface area contributed by atoms with Crippen LogP contribution in [0.15, 0.2) is 16.0 Å². The number of nitrogens with one attached hydrogen (secondary N) is 2. The molecule has 4 atom stereocenters. The lowest BCUT2D eigenvalue weighted by atomic mass is 9.79. The number of aliphatic carboxylic acids is 1. The van der Waals surface area contributed by atoms with Gasteiger partial charge in [-0.25, -0.2) is 9.78 Å². The quantitative estimate of drug-likeness (QED) is 0.393. The van der Waals surface area contributed by atoms with Crippen LogP contribution in [0.1, 0.15) is 37.2 Å². The Morgan fingerprint density at radius 1 is 1.32 bits per heavy atom. The van der Waals surface area contributed by atoms with Gasteiger partial charge in [-0.05, 0) is 32.9 Å². The van der Waals surface area contributed by atoms with Crippen molar-refractivity contribution >= 4 is 46.0 Å². The van der Waals surface area contributed by atoms with Gasteiger partial charge in [-0.3, -0.25) is 9.59 Å². The van der Waals surface area contributed by atoms with E-state index in [-0.39, 0.29) is 40.8 Å². The number of carbonyl (C=O) groups excluding carboxylic acids is 2. The summed E-state index contributed by atoms with van der Waals surface area (Å²) >= 11 is 2.94. The number of thiazole rings is 1. The third kappa shape index (κ3) is 4.00. The van der Waals surface area contributed by atoms with Crippen LogP contribution in [0.5, 0.6) is 0 Å². The molecule has 34 heavy (non-hydrogen) atoms. The number of piperidine rings is 1. The Hall–Kier alpha value is -2.15. The molecule has 0 unspecified atom stereocenters. The van der Waals surface area contributed by atoms with Crippen molar-refractivity contribution in [3.8, 4) is 0 Å². The van der Waals surface area contributed by atoms with E-state index in [2.05, 4.69) is 20.5 Å². The second-order valence-electron chi connectivity index (χ2n) is 9.43. The fourth-order valence-corrected chi connectivity index (χ4v) is 7.61. The van der Waals surface area contributed by atoms with Crippen LogP contribution in [-0.2, 0) is 9.59 Å². The van der Waals surface area contributed by atoms with Gasteiger partial charge in [0.15, 0.2) is 5.13 Å². The summed E-state index contributed by atoms with van der Waals surface area (Å²) in [4.78, 5) is 45.7. The number of thioether (sulfide) groups is 1. The molecular weight excluding hydrogens is 478 g/mol. The normalized spacial score (nSPS) is 28.4. The van der Waals surface area contributed by atoms with Gasteiger partial charge in [0, 0.05) is 40.6 Å². The Labute approximate surface area is 205 Å². The number of carboxylic acids is 1. The van der Waals surface area contributed by atoms with Crippen molar-refractivity contribution in [1.29, 1.82) is 0 Å². The highest BCUT2D eigenvalue weighted by Crippen LogP contribution is 2.52. The number of aliphatic hydroxyl groups is 1. The third-order valence-electron chi connectivity index (χ3n) is 7.12. The van der Waals surface area contributed by atoms with Gasteiger partial charge in [-0.2, -0.15) is 0 Å². The highest BCUT2D eigenvalue weighted by atomic mass is 32.2. The summed E-state index contributed by atoms with van der Waals surface area (Å²) in [5.41, 5.74) is 0.496. The van der Waals surface area contributed by atoms with E-state index in [9.17, 15) is 24.6 Å². The zero-order chi connectivity index (χ0) is 24.1. The molecule has 5 rings (SSSR count). The summed E-state index contributed by atoms with van der Waals surface area (Å²) in [6, 6.07) is -0.114. The Balaban J connectivity index is 1.19. The summed E-state index contributed by atoms with van der Waals surface area (Å²) in [6.07, 6.45) is 1.03.